The first kappa shape index (κ1) is 13.9. The number of nitrogens with zero attached hydrogens (tertiary/aromatic N) is 4. The Bertz CT molecular complexity index is 787. The largest absolute Gasteiger partial charge is 0.373 e. The first-order valence-corrected chi connectivity index (χ1v) is 7.90. The quantitative estimate of drug-likeness (QED) is 0.594. The van der Waals surface area contributed by atoms with E-state index in [-0.39, 0.29) is 0 Å². The Morgan fingerprint density at radius 2 is 1.86 bits per heavy atom. The van der Waals surface area contributed by atoms with Gasteiger partial charge in [-0.1, -0.05) is 11.8 Å². The molecule has 0 spiro atoms. The molecule has 0 bridgehead atoms. The molecule has 0 fully saturated rings. The van der Waals surface area contributed by atoms with Gasteiger partial charge in [-0.2, -0.15) is 0 Å². The maximum Gasteiger partial charge on any atom is 0.191 e. The third-order valence-electron chi connectivity index (χ3n) is 3.54. The first-order valence-electron chi connectivity index (χ1n) is 6.68. The molecule has 0 aliphatic heterocycles. The molecular formula is C15H17N5S. The molecule has 6 heteroatoms. The lowest BCUT2D eigenvalue weighted by atomic mass is 10.1. The highest BCUT2D eigenvalue weighted by molar-refractivity contribution is 7.98. The smallest absolute Gasteiger partial charge is 0.191 e. The van der Waals surface area contributed by atoms with Crippen LogP contribution in [0, 0.1) is 13.8 Å². The average Bonchev–Trinajstić information content (AvgIpc) is 2.90. The fourth-order valence-electron chi connectivity index (χ4n) is 2.20. The minimum absolute atomic E-state index is 0.738. The lowest BCUT2D eigenvalue weighted by Crippen LogP contribution is -2.02. The van der Waals surface area contributed by atoms with Gasteiger partial charge in [0.15, 0.2) is 5.16 Å². The van der Waals surface area contributed by atoms with E-state index in [4.69, 9.17) is 0 Å². The van der Waals surface area contributed by atoms with Crippen molar-refractivity contribution in [3.63, 3.8) is 0 Å². The van der Waals surface area contributed by atoms with Crippen LogP contribution in [0.1, 0.15) is 11.1 Å². The van der Waals surface area contributed by atoms with Crippen molar-refractivity contribution >= 4 is 28.6 Å². The Kier molecular flexibility index (Phi) is 3.55. The summed E-state index contributed by atoms with van der Waals surface area (Å²) in [6, 6.07) is 6.18. The highest BCUT2D eigenvalue weighted by Gasteiger charge is 2.10. The molecule has 0 unspecified atom stereocenters. The molecule has 1 aromatic carbocycles. The summed E-state index contributed by atoms with van der Waals surface area (Å²) in [5, 5.41) is 3.81. The highest BCUT2D eigenvalue weighted by atomic mass is 32.2. The second-order valence-electron chi connectivity index (χ2n) is 4.89. The van der Waals surface area contributed by atoms with Crippen molar-refractivity contribution in [3.8, 4) is 5.82 Å². The molecule has 2 heterocycles. The maximum absolute atomic E-state index is 4.58. The maximum atomic E-state index is 4.58. The lowest BCUT2D eigenvalue weighted by Gasteiger charge is -2.08. The van der Waals surface area contributed by atoms with Gasteiger partial charge >= 0.3 is 0 Å². The van der Waals surface area contributed by atoms with Crippen molar-refractivity contribution in [2.24, 2.45) is 0 Å². The average molecular weight is 299 g/mol. The normalized spacial score (nSPS) is 11.0. The summed E-state index contributed by atoms with van der Waals surface area (Å²) >= 11 is 1.52. The molecular weight excluding hydrogens is 282 g/mol. The van der Waals surface area contributed by atoms with Crippen molar-refractivity contribution in [1.82, 2.24) is 19.5 Å². The van der Waals surface area contributed by atoms with Gasteiger partial charge in [0.25, 0.3) is 0 Å². The summed E-state index contributed by atoms with van der Waals surface area (Å²) in [5.41, 5.74) is 4.53. The van der Waals surface area contributed by atoms with Crippen LogP contribution in [0.15, 0.2) is 29.7 Å². The molecule has 1 N–H and O–H groups in total. The van der Waals surface area contributed by atoms with Crippen molar-refractivity contribution in [1.29, 1.82) is 0 Å². The molecule has 0 aliphatic rings. The third-order valence-corrected chi connectivity index (χ3v) is 4.09. The molecule has 5 nitrogen and oxygen atoms in total. The monoisotopic (exact) mass is 299 g/mol. The number of anilines is 1. The standard InChI is InChI=1S/C15H17N5S/c1-9-5-11-12(6-10(9)2)20(8-17-11)14-7-13(16-3)18-15(19-14)21-4/h5-8H,1-4H3,(H,16,18,19). The van der Waals surface area contributed by atoms with Crippen molar-refractivity contribution < 1.29 is 0 Å². The Hall–Kier alpha value is -2.08. The second kappa shape index (κ2) is 5.37. The van der Waals surface area contributed by atoms with Gasteiger partial charge in [0.1, 0.15) is 18.0 Å². The van der Waals surface area contributed by atoms with Crippen molar-refractivity contribution in [3.05, 3.63) is 35.7 Å². The molecule has 108 valence electrons. The number of thioether (sulfide) groups is 1. The number of benzene rings is 1. The van der Waals surface area contributed by atoms with E-state index in [1.54, 1.807) is 0 Å². The first-order chi connectivity index (χ1) is 10.1. The number of hydrogen-bond donors (Lipinski definition) is 1. The summed E-state index contributed by atoms with van der Waals surface area (Å²) < 4.78 is 2.00. The van der Waals surface area contributed by atoms with Gasteiger partial charge in [-0.05, 0) is 43.4 Å². The van der Waals surface area contributed by atoms with Gasteiger partial charge in [0.05, 0.1) is 11.0 Å². The number of imidazole rings is 1. The highest BCUT2D eigenvalue weighted by Crippen LogP contribution is 2.23. The molecule has 3 aromatic rings. The SMILES string of the molecule is CNc1cc(-n2cnc3cc(C)c(C)cc32)nc(SC)n1. The lowest BCUT2D eigenvalue weighted by molar-refractivity contribution is 0.904. The van der Waals surface area contributed by atoms with Crippen LogP contribution in [0.3, 0.4) is 0 Å². The molecule has 0 atom stereocenters. The molecule has 21 heavy (non-hydrogen) atoms. The zero-order valence-corrected chi connectivity index (χ0v) is 13.3. The number of aryl methyl sites for hydroxylation is 2. The van der Waals surface area contributed by atoms with Gasteiger partial charge in [-0.3, -0.25) is 4.57 Å². The molecule has 2 aromatic heterocycles. The van der Waals surface area contributed by atoms with Gasteiger partial charge < -0.3 is 5.32 Å². The molecule has 3 rings (SSSR count). The van der Waals surface area contributed by atoms with E-state index in [2.05, 4.69) is 46.2 Å². The van der Waals surface area contributed by atoms with Gasteiger partial charge in [-0.25, -0.2) is 15.0 Å². The van der Waals surface area contributed by atoms with Gasteiger partial charge in [0, 0.05) is 13.1 Å². The molecule has 0 amide bonds. The summed E-state index contributed by atoms with van der Waals surface area (Å²) in [6.45, 7) is 4.21. The van der Waals surface area contributed by atoms with Crippen LogP contribution in [-0.2, 0) is 0 Å². The summed E-state index contributed by atoms with van der Waals surface area (Å²) in [7, 11) is 1.86. The van der Waals surface area contributed by atoms with E-state index in [0.29, 0.717) is 0 Å². The number of rotatable bonds is 3. The van der Waals surface area contributed by atoms with Crippen molar-refractivity contribution in [2.45, 2.75) is 19.0 Å². The minimum atomic E-state index is 0.738. The Balaban J connectivity index is 2.22. The van der Waals surface area contributed by atoms with Crippen LogP contribution >= 0.6 is 11.8 Å². The van der Waals surface area contributed by atoms with Crippen LogP contribution in [-0.4, -0.2) is 32.8 Å². The topological polar surface area (TPSA) is 55.6 Å². The number of aromatic nitrogens is 4. The van der Waals surface area contributed by atoms with Crippen LogP contribution in [0.2, 0.25) is 0 Å². The number of hydrogen-bond acceptors (Lipinski definition) is 5. The summed E-state index contributed by atoms with van der Waals surface area (Å²) in [5.74, 6) is 1.62. The number of nitrogens with one attached hydrogen (secondary N) is 1. The minimum Gasteiger partial charge on any atom is -0.373 e. The van der Waals surface area contributed by atoms with E-state index in [1.165, 1.54) is 22.9 Å². The Morgan fingerprint density at radius 3 is 2.57 bits per heavy atom. The summed E-state index contributed by atoms with van der Waals surface area (Å²) in [4.78, 5) is 13.5. The van der Waals surface area contributed by atoms with E-state index in [9.17, 15) is 0 Å². The Labute approximate surface area is 127 Å². The van der Waals surface area contributed by atoms with Crippen molar-refractivity contribution in [2.75, 3.05) is 18.6 Å². The molecule has 0 aliphatic carbocycles. The Morgan fingerprint density at radius 1 is 1.10 bits per heavy atom. The number of fused-ring (bicyclic) bond motifs is 1. The predicted octanol–water partition coefficient (Wildman–Crippen LogP) is 3.20. The van der Waals surface area contributed by atoms with E-state index in [1.807, 2.05) is 30.3 Å². The van der Waals surface area contributed by atoms with E-state index < -0.39 is 0 Å². The van der Waals surface area contributed by atoms with Gasteiger partial charge in [-0.15, -0.1) is 0 Å². The van der Waals surface area contributed by atoms with Crippen LogP contribution in [0.4, 0.5) is 5.82 Å². The fraction of sp³-hybridized carbons (Fsp3) is 0.267. The van der Waals surface area contributed by atoms with E-state index >= 15 is 0 Å². The predicted molar refractivity (Wildman–Crippen MR) is 87.5 cm³/mol. The van der Waals surface area contributed by atoms with Crippen LogP contribution < -0.4 is 5.32 Å². The molecule has 0 saturated heterocycles. The third kappa shape index (κ3) is 2.47. The van der Waals surface area contributed by atoms with E-state index in [0.717, 1.165) is 27.8 Å². The van der Waals surface area contributed by atoms with Crippen LogP contribution in [0.25, 0.3) is 16.9 Å². The zero-order valence-electron chi connectivity index (χ0n) is 12.5. The second-order valence-corrected chi connectivity index (χ2v) is 5.66. The van der Waals surface area contributed by atoms with Crippen LogP contribution in [0.5, 0.6) is 0 Å². The fourth-order valence-corrected chi connectivity index (χ4v) is 2.58. The molecule has 0 radical (unpaired) electrons. The molecule has 0 saturated carbocycles. The zero-order chi connectivity index (χ0) is 15.0. The van der Waals surface area contributed by atoms with Gasteiger partial charge in [0.2, 0.25) is 0 Å². The summed E-state index contributed by atoms with van der Waals surface area (Å²) in [6.07, 6.45) is 3.79.